The molecule has 0 aliphatic carbocycles. The van der Waals surface area contributed by atoms with Crippen LogP contribution in [0.25, 0.3) is 0 Å². The van der Waals surface area contributed by atoms with Gasteiger partial charge in [0.05, 0.1) is 17.3 Å². The number of carbonyl (C=O) groups is 2. The van der Waals surface area contributed by atoms with Crippen LogP contribution in [0.4, 0.5) is 13.2 Å². The van der Waals surface area contributed by atoms with Crippen molar-refractivity contribution < 1.29 is 22.8 Å². The second kappa shape index (κ2) is 6.10. The summed E-state index contributed by atoms with van der Waals surface area (Å²) < 4.78 is 41.3. The van der Waals surface area contributed by atoms with Gasteiger partial charge in [-0.3, -0.25) is 14.3 Å². The fraction of sp³-hybridized carbons (Fsp3) is 0.667. The highest BCUT2D eigenvalue weighted by Gasteiger charge is 2.43. The van der Waals surface area contributed by atoms with E-state index in [-0.39, 0.29) is 19.0 Å². The number of amides is 2. The largest absolute Gasteiger partial charge is 0.433 e. The Morgan fingerprint density at radius 2 is 1.54 bits per heavy atom. The van der Waals surface area contributed by atoms with Gasteiger partial charge in [-0.2, -0.15) is 18.3 Å². The van der Waals surface area contributed by atoms with Gasteiger partial charge in [-0.15, -0.1) is 0 Å². The first kappa shape index (κ1) is 18.3. The Labute approximate surface area is 138 Å². The SMILES string of the molecule is CC(=O)N1CCN(C(=O)c2cnn(C(C)(C)C)c2C(F)(F)F)CC1. The molecule has 1 saturated heterocycles. The number of hydrogen-bond donors (Lipinski definition) is 0. The first-order valence-corrected chi connectivity index (χ1v) is 7.63. The maximum atomic E-state index is 13.5. The summed E-state index contributed by atoms with van der Waals surface area (Å²) in [6, 6.07) is 0. The third-order valence-electron chi connectivity index (χ3n) is 3.92. The number of aromatic nitrogens is 2. The van der Waals surface area contributed by atoms with Gasteiger partial charge in [0.25, 0.3) is 5.91 Å². The second-order valence-electron chi connectivity index (χ2n) is 6.79. The molecule has 2 rings (SSSR count). The summed E-state index contributed by atoms with van der Waals surface area (Å²) in [7, 11) is 0. The molecule has 1 aromatic heterocycles. The predicted molar refractivity (Wildman–Crippen MR) is 80.4 cm³/mol. The molecule has 1 aliphatic rings. The second-order valence-corrected chi connectivity index (χ2v) is 6.79. The van der Waals surface area contributed by atoms with E-state index in [0.717, 1.165) is 10.9 Å². The molecule has 0 spiro atoms. The Morgan fingerprint density at radius 3 is 1.96 bits per heavy atom. The van der Waals surface area contributed by atoms with Crippen LogP contribution in [0.2, 0.25) is 0 Å². The van der Waals surface area contributed by atoms with Crippen molar-refractivity contribution >= 4 is 11.8 Å². The van der Waals surface area contributed by atoms with Crippen LogP contribution >= 0.6 is 0 Å². The topological polar surface area (TPSA) is 58.4 Å². The van der Waals surface area contributed by atoms with Crippen molar-refractivity contribution in [3.8, 4) is 0 Å². The van der Waals surface area contributed by atoms with Crippen molar-refractivity contribution in [1.82, 2.24) is 19.6 Å². The monoisotopic (exact) mass is 346 g/mol. The van der Waals surface area contributed by atoms with Crippen molar-refractivity contribution in [2.45, 2.75) is 39.4 Å². The Kier molecular flexibility index (Phi) is 4.65. The fourth-order valence-corrected chi connectivity index (χ4v) is 2.68. The quantitative estimate of drug-likeness (QED) is 0.781. The van der Waals surface area contributed by atoms with E-state index < -0.39 is 28.9 Å². The molecule has 9 heteroatoms. The van der Waals surface area contributed by atoms with Crippen molar-refractivity contribution in [3.05, 3.63) is 17.5 Å². The summed E-state index contributed by atoms with van der Waals surface area (Å²) in [4.78, 5) is 26.8. The molecule has 24 heavy (non-hydrogen) atoms. The molecule has 0 bridgehead atoms. The van der Waals surface area contributed by atoms with E-state index in [1.807, 2.05) is 0 Å². The third-order valence-corrected chi connectivity index (χ3v) is 3.92. The predicted octanol–water partition coefficient (Wildman–Crippen LogP) is 1.96. The van der Waals surface area contributed by atoms with E-state index in [9.17, 15) is 22.8 Å². The van der Waals surface area contributed by atoms with E-state index in [0.29, 0.717) is 13.1 Å². The van der Waals surface area contributed by atoms with Crippen LogP contribution in [0.1, 0.15) is 43.7 Å². The summed E-state index contributed by atoms with van der Waals surface area (Å²) in [5, 5.41) is 3.80. The lowest BCUT2D eigenvalue weighted by Crippen LogP contribution is -2.50. The van der Waals surface area contributed by atoms with Gasteiger partial charge in [0.1, 0.15) is 0 Å². The molecule has 1 fully saturated rings. The lowest BCUT2D eigenvalue weighted by molar-refractivity contribution is -0.146. The summed E-state index contributed by atoms with van der Waals surface area (Å²) in [6.07, 6.45) is -3.70. The Bertz CT molecular complexity index is 638. The molecule has 2 amide bonds. The molecule has 1 aliphatic heterocycles. The zero-order valence-corrected chi connectivity index (χ0v) is 14.1. The van der Waals surface area contributed by atoms with E-state index in [4.69, 9.17) is 0 Å². The first-order chi connectivity index (χ1) is 10.9. The molecule has 0 saturated carbocycles. The van der Waals surface area contributed by atoms with Crippen molar-refractivity contribution in [3.63, 3.8) is 0 Å². The van der Waals surface area contributed by atoms with Crippen LogP contribution in [0, 0.1) is 0 Å². The van der Waals surface area contributed by atoms with Crippen molar-refractivity contribution in [2.75, 3.05) is 26.2 Å². The smallest absolute Gasteiger partial charge is 0.339 e. The van der Waals surface area contributed by atoms with Crippen LogP contribution in [-0.2, 0) is 16.5 Å². The van der Waals surface area contributed by atoms with Gasteiger partial charge in [0.2, 0.25) is 5.91 Å². The molecule has 1 aromatic rings. The minimum absolute atomic E-state index is 0.112. The fourth-order valence-electron chi connectivity index (χ4n) is 2.68. The number of nitrogens with zero attached hydrogens (tertiary/aromatic N) is 4. The van der Waals surface area contributed by atoms with E-state index in [1.165, 1.54) is 11.8 Å². The van der Waals surface area contributed by atoms with Crippen LogP contribution in [0.5, 0.6) is 0 Å². The van der Waals surface area contributed by atoms with Crippen molar-refractivity contribution in [2.24, 2.45) is 0 Å². The van der Waals surface area contributed by atoms with E-state index in [1.54, 1.807) is 25.7 Å². The van der Waals surface area contributed by atoms with Gasteiger partial charge in [-0.05, 0) is 20.8 Å². The zero-order valence-electron chi connectivity index (χ0n) is 14.1. The molecular weight excluding hydrogens is 325 g/mol. The standard InChI is InChI=1S/C15H21F3N4O2/c1-10(23)20-5-7-21(8-6-20)13(24)11-9-19-22(14(2,3)4)12(11)15(16,17)18/h9H,5-8H2,1-4H3. The average molecular weight is 346 g/mol. The molecule has 0 unspecified atom stereocenters. The third kappa shape index (κ3) is 3.54. The maximum Gasteiger partial charge on any atom is 0.433 e. The first-order valence-electron chi connectivity index (χ1n) is 7.63. The maximum absolute atomic E-state index is 13.5. The minimum Gasteiger partial charge on any atom is -0.339 e. The lowest BCUT2D eigenvalue weighted by atomic mass is 10.1. The number of piperazine rings is 1. The summed E-state index contributed by atoms with van der Waals surface area (Å²) >= 11 is 0. The number of hydrogen-bond acceptors (Lipinski definition) is 3. The van der Waals surface area contributed by atoms with Gasteiger partial charge in [-0.1, -0.05) is 0 Å². The van der Waals surface area contributed by atoms with Gasteiger partial charge in [-0.25, -0.2) is 0 Å². The number of carbonyl (C=O) groups excluding carboxylic acids is 2. The zero-order chi connectivity index (χ0) is 18.3. The Hall–Kier alpha value is -2.06. The Morgan fingerprint density at radius 1 is 1.04 bits per heavy atom. The molecular formula is C15H21F3N4O2. The highest BCUT2D eigenvalue weighted by Crippen LogP contribution is 2.35. The molecule has 0 atom stereocenters. The van der Waals surface area contributed by atoms with Crippen molar-refractivity contribution in [1.29, 1.82) is 0 Å². The van der Waals surface area contributed by atoms with Gasteiger partial charge in [0, 0.05) is 33.1 Å². The lowest BCUT2D eigenvalue weighted by Gasteiger charge is -2.34. The van der Waals surface area contributed by atoms with E-state index >= 15 is 0 Å². The summed E-state index contributed by atoms with van der Waals surface area (Å²) in [6.45, 7) is 7.24. The normalized spacial score (nSPS) is 16.5. The van der Waals surface area contributed by atoms with Crippen LogP contribution in [0.15, 0.2) is 6.20 Å². The van der Waals surface area contributed by atoms with Crippen LogP contribution in [-0.4, -0.2) is 57.6 Å². The highest BCUT2D eigenvalue weighted by molar-refractivity contribution is 5.95. The molecule has 0 radical (unpaired) electrons. The summed E-state index contributed by atoms with van der Waals surface area (Å²) in [5.41, 5.74) is -2.39. The number of alkyl halides is 3. The highest BCUT2D eigenvalue weighted by atomic mass is 19.4. The molecule has 6 nitrogen and oxygen atoms in total. The molecule has 134 valence electrons. The number of rotatable bonds is 1. The average Bonchev–Trinajstić information content (AvgIpc) is 2.91. The number of halogens is 3. The van der Waals surface area contributed by atoms with Gasteiger partial charge < -0.3 is 9.80 Å². The molecule has 2 heterocycles. The molecule has 0 N–H and O–H groups in total. The van der Waals surface area contributed by atoms with Crippen LogP contribution < -0.4 is 0 Å². The minimum atomic E-state index is -4.68. The van der Waals surface area contributed by atoms with Gasteiger partial charge >= 0.3 is 6.18 Å². The Balaban J connectivity index is 2.31. The molecule has 0 aromatic carbocycles. The van der Waals surface area contributed by atoms with Crippen LogP contribution in [0.3, 0.4) is 0 Å². The van der Waals surface area contributed by atoms with E-state index in [2.05, 4.69) is 5.10 Å². The summed E-state index contributed by atoms with van der Waals surface area (Å²) in [5.74, 6) is -0.820. The van der Waals surface area contributed by atoms with Gasteiger partial charge in [0.15, 0.2) is 5.69 Å².